The number of aromatic nitrogens is 1. The number of aliphatic carboxylic acids is 1. The summed E-state index contributed by atoms with van der Waals surface area (Å²) in [6.45, 7) is 0.524. The van der Waals surface area contributed by atoms with Crippen LogP contribution in [-0.2, 0) is 24.7 Å². The Bertz CT molecular complexity index is 837. The van der Waals surface area contributed by atoms with Crippen molar-refractivity contribution in [3.05, 3.63) is 35.0 Å². The van der Waals surface area contributed by atoms with Gasteiger partial charge in [-0.05, 0) is 50.2 Å². The number of benzene rings is 1. The van der Waals surface area contributed by atoms with Crippen molar-refractivity contribution in [3.8, 4) is 0 Å². The Hall–Kier alpha value is -2.30. The van der Waals surface area contributed by atoms with Gasteiger partial charge in [0.2, 0.25) is 0 Å². The minimum absolute atomic E-state index is 0.150. The van der Waals surface area contributed by atoms with Gasteiger partial charge in [0.25, 0.3) is 5.91 Å². The zero-order valence-electron chi connectivity index (χ0n) is 13.9. The molecule has 1 aliphatic heterocycles. The number of nitrogens with zero attached hydrogens (tertiary/aromatic N) is 2. The Balaban J connectivity index is 1.84. The van der Waals surface area contributed by atoms with Gasteiger partial charge in [-0.1, -0.05) is 12.1 Å². The molecule has 1 unspecified atom stereocenters. The molecule has 0 bridgehead atoms. The summed E-state index contributed by atoms with van der Waals surface area (Å²) in [5.41, 5.74) is 4.29. The number of carbonyl (C=O) groups excluding carboxylic acids is 1. The maximum absolute atomic E-state index is 13.1. The number of para-hydroxylation sites is 1. The molecule has 1 aromatic heterocycles. The van der Waals surface area contributed by atoms with Crippen LogP contribution in [-0.4, -0.2) is 39.0 Å². The second-order valence-electron chi connectivity index (χ2n) is 6.89. The van der Waals surface area contributed by atoms with Crippen LogP contribution in [0.4, 0.5) is 0 Å². The molecular weight excluding hydrogens is 304 g/mol. The monoisotopic (exact) mass is 326 g/mol. The lowest BCUT2D eigenvalue weighted by Gasteiger charge is -2.22. The summed E-state index contributed by atoms with van der Waals surface area (Å²) in [5, 5.41) is 10.5. The second kappa shape index (κ2) is 5.65. The van der Waals surface area contributed by atoms with E-state index in [0.717, 1.165) is 30.2 Å². The standard InChI is InChI=1S/C19H22N2O3/c1-20-15-9-3-2-6-12(15)13-7-4-8-14(17(13)20)18(22)21-11-5-10-16(21)19(23)24/h4,7-8,16H,2-3,5-6,9-11H2,1H3,(H,23,24). The average molecular weight is 326 g/mol. The summed E-state index contributed by atoms with van der Waals surface area (Å²) in [5.74, 6) is -1.05. The van der Waals surface area contributed by atoms with Gasteiger partial charge in [-0.2, -0.15) is 0 Å². The van der Waals surface area contributed by atoms with Crippen LogP contribution < -0.4 is 0 Å². The van der Waals surface area contributed by atoms with Gasteiger partial charge in [-0.15, -0.1) is 0 Å². The van der Waals surface area contributed by atoms with Gasteiger partial charge >= 0.3 is 5.97 Å². The normalized spacial score (nSPS) is 20.4. The van der Waals surface area contributed by atoms with Crippen molar-refractivity contribution in [1.82, 2.24) is 9.47 Å². The lowest BCUT2D eigenvalue weighted by atomic mass is 9.95. The zero-order chi connectivity index (χ0) is 16.8. The van der Waals surface area contributed by atoms with Crippen molar-refractivity contribution >= 4 is 22.8 Å². The number of fused-ring (bicyclic) bond motifs is 3. The molecule has 0 saturated carbocycles. The number of carbonyl (C=O) groups is 2. The molecule has 1 N–H and O–H groups in total. The topological polar surface area (TPSA) is 62.5 Å². The van der Waals surface area contributed by atoms with Crippen molar-refractivity contribution in [2.24, 2.45) is 7.05 Å². The number of hydrogen-bond donors (Lipinski definition) is 1. The van der Waals surface area contributed by atoms with Crippen LogP contribution in [0, 0.1) is 0 Å². The van der Waals surface area contributed by atoms with Crippen molar-refractivity contribution in [1.29, 1.82) is 0 Å². The third-order valence-electron chi connectivity index (χ3n) is 5.57. The fourth-order valence-corrected chi connectivity index (χ4v) is 4.43. The quantitative estimate of drug-likeness (QED) is 0.923. The van der Waals surface area contributed by atoms with E-state index in [1.807, 2.05) is 19.2 Å². The molecule has 1 aromatic carbocycles. The van der Waals surface area contributed by atoms with Crippen LogP contribution in [0.3, 0.4) is 0 Å². The fraction of sp³-hybridized carbons (Fsp3) is 0.474. The van der Waals surface area contributed by atoms with Gasteiger partial charge in [-0.3, -0.25) is 4.79 Å². The second-order valence-corrected chi connectivity index (χ2v) is 6.89. The van der Waals surface area contributed by atoms with Gasteiger partial charge in [0.05, 0.1) is 11.1 Å². The first-order valence-electron chi connectivity index (χ1n) is 8.72. The van der Waals surface area contributed by atoms with Crippen LogP contribution in [0.1, 0.15) is 47.3 Å². The molecule has 1 aliphatic carbocycles. The maximum atomic E-state index is 13.1. The van der Waals surface area contributed by atoms with Gasteiger partial charge in [0.15, 0.2) is 0 Å². The van der Waals surface area contributed by atoms with Crippen LogP contribution in [0.2, 0.25) is 0 Å². The zero-order valence-corrected chi connectivity index (χ0v) is 13.9. The number of aryl methyl sites for hydroxylation is 2. The average Bonchev–Trinajstić information content (AvgIpc) is 3.19. The molecule has 4 rings (SSSR count). The van der Waals surface area contributed by atoms with E-state index < -0.39 is 12.0 Å². The summed E-state index contributed by atoms with van der Waals surface area (Å²) >= 11 is 0. The van der Waals surface area contributed by atoms with Crippen molar-refractivity contribution < 1.29 is 14.7 Å². The first-order chi connectivity index (χ1) is 11.6. The molecule has 1 atom stereocenters. The first-order valence-corrected chi connectivity index (χ1v) is 8.72. The number of rotatable bonds is 2. The molecule has 2 heterocycles. The van der Waals surface area contributed by atoms with E-state index in [0.29, 0.717) is 18.5 Å². The van der Waals surface area contributed by atoms with Crippen LogP contribution in [0.5, 0.6) is 0 Å². The highest BCUT2D eigenvalue weighted by Crippen LogP contribution is 2.34. The molecule has 126 valence electrons. The highest BCUT2D eigenvalue weighted by atomic mass is 16.4. The van der Waals surface area contributed by atoms with E-state index in [9.17, 15) is 14.7 Å². The Morgan fingerprint density at radius 3 is 2.75 bits per heavy atom. The summed E-state index contributed by atoms with van der Waals surface area (Å²) < 4.78 is 2.16. The van der Waals surface area contributed by atoms with Crippen LogP contribution in [0.15, 0.2) is 18.2 Å². The molecule has 0 radical (unpaired) electrons. The predicted octanol–water partition coefficient (Wildman–Crippen LogP) is 2.75. The molecule has 1 saturated heterocycles. The van der Waals surface area contributed by atoms with Gasteiger partial charge in [0.1, 0.15) is 6.04 Å². The minimum atomic E-state index is -0.904. The molecule has 5 heteroatoms. The van der Waals surface area contributed by atoms with E-state index >= 15 is 0 Å². The summed E-state index contributed by atoms with van der Waals surface area (Å²) in [4.78, 5) is 26.1. The third-order valence-corrected chi connectivity index (χ3v) is 5.57. The maximum Gasteiger partial charge on any atom is 0.326 e. The van der Waals surface area contributed by atoms with Gasteiger partial charge < -0.3 is 14.6 Å². The lowest BCUT2D eigenvalue weighted by molar-refractivity contribution is -0.141. The fourth-order valence-electron chi connectivity index (χ4n) is 4.43. The van der Waals surface area contributed by atoms with Crippen molar-refractivity contribution in [2.45, 2.75) is 44.6 Å². The number of carboxylic acids is 1. The smallest absolute Gasteiger partial charge is 0.326 e. The highest BCUT2D eigenvalue weighted by Gasteiger charge is 2.35. The number of carboxylic acid groups (broad SMARTS) is 1. The van der Waals surface area contributed by atoms with E-state index in [1.165, 1.54) is 29.0 Å². The Kier molecular flexibility index (Phi) is 3.59. The Morgan fingerprint density at radius 2 is 1.96 bits per heavy atom. The minimum Gasteiger partial charge on any atom is -0.480 e. The molecule has 0 spiro atoms. The van der Waals surface area contributed by atoms with E-state index in [1.54, 1.807) is 0 Å². The largest absolute Gasteiger partial charge is 0.480 e. The molecule has 5 nitrogen and oxygen atoms in total. The van der Waals surface area contributed by atoms with Crippen molar-refractivity contribution in [3.63, 3.8) is 0 Å². The van der Waals surface area contributed by atoms with E-state index in [-0.39, 0.29) is 5.91 Å². The molecule has 1 amide bonds. The first kappa shape index (κ1) is 15.2. The molecular formula is C19H22N2O3. The third kappa shape index (κ3) is 2.14. The lowest BCUT2D eigenvalue weighted by Crippen LogP contribution is -2.40. The molecule has 1 fully saturated rings. The van der Waals surface area contributed by atoms with Crippen LogP contribution >= 0.6 is 0 Å². The Labute approximate surface area is 140 Å². The summed E-state index contributed by atoms with van der Waals surface area (Å²) in [6.07, 6.45) is 5.79. The molecule has 24 heavy (non-hydrogen) atoms. The SMILES string of the molecule is Cn1c2c(c3cccc(C(=O)N4CCCC4C(=O)O)c31)CCCC2. The summed E-state index contributed by atoms with van der Waals surface area (Å²) in [6, 6.07) is 5.17. The molecule has 2 aliphatic rings. The number of likely N-dealkylation sites (tertiary alicyclic amines) is 1. The van der Waals surface area contributed by atoms with Gasteiger partial charge in [0, 0.05) is 24.7 Å². The number of hydrogen-bond acceptors (Lipinski definition) is 2. The molecule has 2 aromatic rings. The highest BCUT2D eigenvalue weighted by molar-refractivity contribution is 6.08. The van der Waals surface area contributed by atoms with Crippen molar-refractivity contribution in [2.75, 3.05) is 6.54 Å². The van der Waals surface area contributed by atoms with E-state index in [2.05, 4.69) is 10.6 Å². The van der Waals surface area contributed by atoms with Crippen LogP contribution in [0.25, 0.3) is 10.9 Å². The Morgan fingerprint density at radius 1 is 1.17 bits per heavy atom. The van der Waals surface area contributed by atoms with Gasteiger partial charge in [-0.25, -0.2) is 4.79 Å². The number of amides is 1. The van der Waals surface area contributed by atoms with E-state index in [4.69, 9.17) is 0 Å². The summed E-state index contributed by atoms with van der Waals surface area (Å²) in [7, 11) is 2.03. The predicted molar refractivity (Wildman–Crippen MR) is 91.3 cm³/mol.